The van der Waals surface area contributed by atoms with Gasteiger partial charge in [-0.05, 0) is 28.1 Å². The smallest absolute Gasteiger partial charge is 0.273 e. The number of pyridine rings is 1. The molecule has 6 heteroatoms. The Morgan fingerprint density at radius 1 is 1.71 bits per heavy atom. The van der Waals surface area contributed by atoms with Crippen LogP contribution in [0.3, 0.4) is 0 Å². The number of rotatable bonds is 2. The first-order valence-corrected chi connectivity index (χ1v) is 6.62. The molecule has 1 saturated heterocycles. The van der Waals surface area contributed by atoms with Gasteiger partial charge in [0, 0.05) is 23.8 Å². The van der Waals surface area contributed by atoms with E-state index in [1.807, 2.05) is 0 Å². The average Bonchev–Trinajstić information content (AvgIpc) is 2.38. The molecule has 2 rings (SSSR count). The summed E-state index contributed by atoms with van der Waals surface area (Å²) in [6, 6.07) is 3.58. The Balaban J connectivity index is 2.12. The minimum atomic E-state index is -0.0871. The number of alkyl halides is 1. The number of hydrogen-bond donors (Lipinski definition) is 0. The molecule has 0 aromatic carbocycles. The van der Waals surface area contributed by atoms with Crippen molar-refractivity contribution in [1.29, 1.82) is 0 Å². The number of ether oxygens (including phenoxy) is 1. The fourth-order valence-electron chi connectivity index (χ4n) is 1.69. The van der Waals surface area contributed by atoms with Crippen LogP contribution in [0.25, 0.3) is 0 Å². The van der Waals surface area contributed by atoms with Gasteiger partial charge in [0.2, 0.25) is 0 Å². The fourth-order valence-corrected chi connectivity index (χ4v) is 2.30. The second kappa shape index (κ2) is 5.80. The molecule has 0 N–H and O–H groups in total. The van der Waals surface area contributed by atoms with Crippen LogP contribution in [0.15, 0.2) is 22.8 Å². The van der Waals surface area contributed by atoms with Crippen LogP contribution in [0.2, 0.25) is 0 Å². The molecule has 0 bridgehead atoms. The maximum absolute atomic E-state index is 12.2. The number of carbonyl (C=O) groups excluding carboxylic acids is 1. The van der Waals surface area contributed by atoms with Gasteiger partial charge in [0.15, 0.2) is 0 Å². The lowest BCUT2D eigenvalue weighted by Crippen LogP contribution is -2.46. The van der Waals surface area contributed by atoms with Gasteiger partial charge in [0.25, 0.3) is 5.91 Å². The van der Waals surface area contributed by atoms with Crippen molar-refractivity contribution in [3.8, 4) is 0 Å². The highest BCUT2D eigenvalue weighted by Gasteiger charge is 2.26. The first-order chi connectivity index (χ1) is 8.22. The van der Waals surface area contributed by atoms with Crippen molar-refractivity contribution < 1.29 is 9.53 Å². The molecule has 1 amide bonds. The van der Waals surface area contributed by atoms with Crippen LogP contribution in [0.5, 0.6) is 0 Å². The summed E-state index contributed by atoms with van der Waals surface area (Å²) in [7, 11) is 0. The van der Waals surface area contributed by atoms with E-state index in [1.54, 1.807) is 23.2 Å². The minimum absolute atomic E-state index is 0.0862. The van der Waals surface area contributed by atoms with Crippen LogP contribution in [0.4, 0.5) is 0 Å². The molecule has 0 radical (unpaired) electrons. The first-order valence-electron chi connectivity index (χ1n) is 5.29. The van der Waals surface area contributed by atoms with Crippen LogP contribution < -0.4 is 0 Å². The Kier molecular flexibility index (Phi) is 4.36. The van der Waals surface area contributed by atoms with E-state index in [4.69, 9.17) is 16.3 Å². The Hall–Kier alpha value is -0.650. The predicted molar refractivity (Wildman–Crippen MR) is 68.3 cm³/mol. The number of hydrogen-bond acceptors (Lipinski definition) is 3. The molecule has 17 heavy (non-hydrogen) atoms. The number of aromatic nitrogens is 1. The standard InChI is InChI=1S/C11H12BrClN2O2/c12-9-2-1-3-14-10(9)11(16)15-4-5-17-8(6-13)7-15/h1-3,8H,4-7H2. The molecule has 1 atom stereocenters. The van der Waals surface area contributed by atoms with Crippen LogP contribution in [0.1, 0.15) is 10.5 Å². The summed E-state index contributed by atoms with van der Waals surface area (Å²) in [6.45, 7) is 1.62. The Labute approximate surface area is 113 Å². The van der Waals surface area contributed by atoms with Gasteiger partial charge in [-0.1, -0.05) is 0 Å². The van der Waals surface area contributed by atoms with Gasteiger partial charge in [-0.25, -0.2) is 4.98 Å². The highest BCUT2D eigenvalue weighted by atomic mass is 79.9. The number of nitrogens with zero attached hydrogens (tertiary/aromatic N) is 2. The quantitative estimate of drug-likeness (QED) is 0.782. The van der Waals surface area contributed by atoms with Gasteiger partial charge in [-0.3, -0.25) is 4.79 Å². The zero-order chi connectivity index (χ0) is 12.3. The molecular weight excluding hydrogens is 307 g/mol. The lowest BCUT2D eigenvalue weighted by Gasteiger charge is -2.31. The van der Waals surface area contributed by atoms with Crippen molar-refractivity contribution in [2.24, 2.45) is 0 Å². The molecular formula is C11H12BrClN2O2. The number of amides is 1. The van der Waals surface area contributed by atoms with Crippen LogP contribution in [0, 0.1) is 0 Å². The van der Waals surface area contributed by atoms with Crippen LogP contribution >= 0.6 is 27.5 Å². The van der Waals surface area contributed by atoms with Gasteiger partial charge in [0.1, 0.15) is 5.69 Å². The molecule has 1 aliphatic rings. The molecule has 1 fully saturated rings. The second-order valence-corrected chi connectivity index (χ2v) is 4.90. The molecule has 0 aliphatic carbocycles. The van der Waals surface area contributed by atoms with Crippen LogP contribution in [-0.2, 0) is 4.74 Å². The third-order valence-electron chi connectivity index (χ3n) is 2.56. The lowest BCUT2D eigenvalue weighted by molar-refractivity contribution is -0.0110. The summed E-state index contributed by atoms with van der Waals surface area (Å²) < 4.78 is 6.12. The summed E-state index contributed by atoms with van der Waals surface area (Å²) in [5.74, 6) is 0.309. The topological polar surface area (TPSA) is 42.4 Å². The summed E-state index contributed by atoms with van der Waals surface area (Å²) in [5, 5.41) is 0. The van der Waals surface area contributed by atoms with Crippen molar-refractivity contribution in [2.75, 3.05) is 25.6 Å². The van der Waals surface area contributed by atoms with E-state index in [2.05, 4.69) is 20.9 Å². The largest absolute Gasteiger partial charge is 0.373 e. The molecule has 1 unspecified atom stereocenters. The van der Waals surface area contributed by atoms with Crippen LogP contribution in [-0.4, -0.2) is 47.5 Å². The Bertz CT molecular complexity index is 416. The highest BCUT2D eigenvalue weighted by Crippen LogP contribution is 2.17. The molecule has 1 aromatic heterocycles. The van der Waals surface area contributed by atoms with E-state index in [0.717, 1.165) is 0 Å². The van der Waals surface area contributed by atoms with E-state index in [1.165, 1.54) is 0 Å². The Morgan fingerprint density at radius 3 is 3.24 bits per heavy atom. The van der Waals surface area contributed by atoms with E-state index in [9.17, 15) is 4.79 Å². The van der Waals surface area contributed by atoms with E-state index >= 15 is 0 Å². The third-order valence-corrected chi connectivity index (χ3v) is 3.54. The van der Waals surface area contributed by atoms with Gasteiger partial charge < -0.3 is 9.64 Å². The summed E-state index contributed by atoms with van der Waals surface area (Å²) in [4.78, 5) is 18.0. The minimum Gasteiger partial charge on any atom is -0.373 e. The van der Waals surface area contributed by atoms with Gasteiger partial charge in [0.05, 0.1) is 18.6 Å². The van der Waals surface area contributed by atoms with E-state index in [-0.39, 0.29) is 12.0 Å². The summed E-state index contributed by atoms with van der Waals surface area (Å²) in [5.41, 5.74) is 0.433. The molecule has 4 nitrogen and oxygen atoms in total. The zero-order valence-electron chi connectivity index (χ0n) is 9.10. The molecule has 2 heterocycles. The Morgan fingerprint density at radius 2 is 2.53 bits per heavy atom. The van der Waals surface area contributed by atoms with E-state index in [0.29, 0.717) is 35.7 Å². The van der Waals surface area contributed by atoms with Crippen molar-refractivity contribution in [3.05, 3.63) is 28.5 Å². The zero-order valence-corrected chi connectivity index (χ0v) is 11.4. The maximum atomic E-state index is 12.2. The molecule has 1 aromatic rings. The normalized spacial score (nSPS) is 20.4. The summed E-state index contributed by atoms with van der Waals surface area (Å²) in [6.07, 6.45) is 1.52. The first kappa shape index (κ1) is 12.8. The number of carbonyl (C=O) groups is 1. The maximum Gasteiger partial charge on any atom is 0.273 e. The monoisotopic (exact) mass is 318 g/mol. The molecule has 1 aliphatic heterocycles. The number of halogens is 2. The SMILES string of the molecule is O=C(c1ncccc1Br)N1CCOC(CCl)C1. The average molecular weight is 320 g/mol. The summed E-state index contributed by atoms with van der Waals surface area (Å²) >= 11 is 9.07. The number of morpholine rings is 1. The van der Waals surface area contributed by atoms with Crippen molar-refractivity contribution in [2.45, 2.75) is 6.10 Å². The van der Waals surface area contributed by atoms with Crippen molar-refractivity contribution in [3.63, 3.8) is 0 Å². The highest BCUT2D eigenvalue weighted by molar-refractivity contribution is 9.10. The van der Waals surface area contributed by atoms with Crippen molar-refractivity contribution in [1.82, 2.24) is 9.88 Å². The van der Waals surface area contributed by atoms with Gasteiger partial charge in [-0.2, -0.15) is 0 Å². The molecule has 0 spiro atoms. The van der Waals surface area contributed by atoms with Crippen molar-refractivity contribution >= 4 is 33.4 Å². The second-order valence-electron chi connectivity index (χ2n) is 3.73. The van der Waals surface area contributed by atoms with E-state index < -0.39 is 0 Å². The van der Waals surface area contributed by atoms with Gasteiger partial charge in [-0.15, -0.1) is 11.6 Å². The van der Waals surface area contributed by atoms with Gasteiger partial charge >= 0.3 is 0 Å². The molecule has 92 valence electrons. The third kappa shape index (κ3) is 2.97. The molecule has 0 saturated carbocycles. The lowest BCUT2D eigenvalue weighted by atomic mass is 10.2. The fraction of sp³-hybridized carbons (Fsp3) is 0.455. The predicted octanol–water partition coefficient (Wildman–Crippen LogP) is 1.92.